The molecule has 1 amide bonds. The monoisotopic (exact) mass is 464 g/mol. The van der Waals surface area contributed by atoms with Crippen molar-refractivity contribution in [3.63, 3.8) is 0 Å². The lowest BCUT2D eigenvalue weighted by molar-refractivity contribution is -0.384. The lowest BCUT2D eigenvalue weighted by atomic mass is 10.1. The smallest absolute Gasteiger partial charge is 0.296 e. The van der Waals surface area contributed by atoms with Gasteiger partial charge in [-0.25, -0.2) is 0 Å². The highest BCUT2D eigenvalue weighted by molar-refractivity contribution is 7.80. The molecule has 0 saturated carbocycles. The zero-order chi connectivity index (χ0) is 23.8. The Hall–Kier alpha value is -3.98. The second-order valence-corrected chi connectivity index (χ2v) is 7.52. The molecule has 0 saturated heterocycles. The summed E-state index contributed by atoms with van der Waals surface area (Å²) in [6.07, 6.45) is 0. The number of carbonyl (C=O) groups is 1. The van der Waals surface area contributed by atoms with E-state index in [2.05, 4.69) is 16.0 Å². The van der Waals surface area contributed by atoms with Crippen LogP contribution in [-0.4, -0.2) is 22.5 Å². The van der Waals surface area contributed by atoms with Crippen LogP contribution in [0.25, 0.3) is 0 Å². The summed E-state index contributed by atoms with van der Waals surface area (Å²) in [4.78, 5) is 24.2. The number of carbonyl (C=O) groups excluding carboxylic acids is 1. The fourth-order valence-corrected chi connectivity index (χ4v) is 3.41. The van der Waals surface area contributed by atoms with Crippen LogP contribution in [0.5, 0.6) is 5.75 Å². The Balaban J connectivity index is 1.82. The van der Waals surface area contributed by atoms with Gasteiger partial charge in [-0.1, -0.05) is 48.5 Å². The Morgan fingerprint density at radius 2 is 1.73 bits per heavy atom. The van der Waals surface area contributed by atoms with Gasteiger partial charge in [-0.3, -0.25) is 14.9 Å². The number of ether oxygens (including phenoxy) is 1. The predicted octanol–water partition coefficient (Wildman–Crippen LogP) is 4.97. The third-order valence-electron chi connectivity index (χ3n) is 4.80. The number of para-hydroxylation sites is 1. The normalized spacial score (nSPS) is 11.2. The molecule has 9 heteroatoms. The van der Waals surface area contributed by atoms with Crippen molar-refractivity contribution in [1.82, 2.24) is 5.32 Å². The molecule has 0 heterocycles. The molecule has 33 heavy (non-hydrogen) atoms. The molecular formula is C24H24N4O4S. The molecule has 3 N–H and O–H groups in total. The van der Waals surface area contributed by atoms with Gasteiger partial charge < -0.3 is 20.7 Å². The summed E-state index contributed by atoms with van der Waals surface area (Å²) >= 11 is 5.40. The molecule has 170 valence electrons. The molecule has 0 bridgehead atoms. The summed E-state index contributed by atoms with van der Waals surface area (Å²) in [6, 6.07) is 20.2. The van der Waals surface area contributed by atoms with Crippen molar-refractivity contribution >= 4 is 40.3 Å². The van der Waals surface area contributed by atoms with Crippen LogP contribution in [-0.2, 0) is 4.79 Å². The molecule has 0 fully saturated rings. The maximum Gasteiger partial charge on any atom is 0.296 e. The molecular weight excluding hydrogens is 440 g/mol. The fourth-order valence-electron chi connectivity index (χ4n) is 3.18. The van der Waals surface area contributed by atoms with Crippen molar-refractivity contribution in [2.75, 3.05) is 17.2 Å². The molecule has 3 aromatic carbocycles. The quantitative estimate of drug-likeness (QED) is 0.246. The summed E-state index contributed by atoms with van der Waals surface area (Å²) in [5.41, 5.74) is 2.29. The second kappa shape index (κ2) is 11.1. The largest absolute Gasteiger partial charge is 0.494 e. The Labute approximate surface area is 197 Å². The number of aryl methyl sites for hydroxylation is 1. The minimum Gasteiger partial charge on any atom is -0.494 e. The van der Waals surface area contributed by atoms with Gasteiger partial charge in [0.15, 0.2) is 5.11 Å². The first-order valence-electron chi connectivity index (χ1n) is 10.3. The molecule has 0 aliphatic carbocycles. The van der Waals surface area contributed by atoms with E-state index in [1.807, 2.05) is 49.4 Å². The van der Waals surface area contributed by atoms with E-state index < -0.39 is 11.0 Å². The standard InChI is InChI=1S/C24H24N4O4S/c1-3-32-18-13-14-20(21(15-18)28(30)31)26-24(33)27-22(17-10-5-4-6-11-17)23(29)25-19-12-8-7-9-16(19)2/h4-15,22H,3H2,1-2H3,(H,25,29)(H2,26,27,33). The molecule has 3 aromatic rings. The Bertz CT molecular complexity index is 1150. The summed E-state index contributed by atoms with van der Waals surface area (Å²) in [5, 5.41) is 20.3. The van der Waals surface area contributed by atoms with Gasteiger partial charge in [0, 0.05) is 5.69 Å². The number of nitro groups is 1. The fraction of sp³-hybridized carbons (Fsp3) is 0.167. The van der Waals surface area contributed by atoms with Crippen LogP contribution in [0.2, 0.25) is 0 Å². The third-order valence-corrected chi connectivity index (χ3v) is 5.02. The predicted molar refractivity (Wildman–Crippen MR) is 133 cm³/mol. The van der Waals surface area contributed by atoms with Gasteiger partial charge >= 0.3 is 0 Å². The van der Waals surface area contributed by atoms with E-state index in [4.69, 9.17) is 17.0 Å². The maximum absolute atomic E-state index is 13.2. The van der Waals surface area contributed by atoms with Gasteiger partial charge in [-0.05, 0) is 55.4 Å². The first-order valence-corrected chi connectivity index (χ1v) is 10.7. The number of thiocarbonyl (C=S) groups is 1. The Morgan fingerprint density at radius 1 is 1.03 bits per heavy atom. The molecule has 8 nitrogen and oxygen atoms in total. The number of amides is 1. The molecule has 1 atom stereocenters. The van der Waals surface area contributed by atoms with E-state index in [-0.39, 0.29) is 22.4 Å². The SMILES string of the molecule is CCOc1ccc(NC(=S)NC(C(=O)Nc2ccccc2C)c2ccccc2)c([N+](=O)[O-])c1. The maximum atomic E-state index is 13.2. The number of benzene rings is 3. The van der Waals surface area contributed by atoms with Crippen molar-refractivity contribution < 1.29 is 14.5 Å². The minimum absolute atomic E-state index is 0.0658. The summed E-state index contributed by atoms with van der Waals surface area (Å²) in [7, 11) is 0. The van der Waals surface area contributed by atoms with Crippen molar-refractivity contribution in [2.24, 2.45) is 0 Å². The van der Waals surface area contributed by atoms with Crippen LogP contribution in [0.1, 0.15) is 24.1 Å². The summed E-state index contributed by atoms with van der Waals surface area (Å²) in [5.74, 6) is 0.0641. The summed E-state index contributed by atoms with van der Waals surface area (Å²) < 4.78 is 5.34. The van der Waals surface area contributed by atoms with Gasteiger partial charge in [-0.2, -0.15) is 0 Å². The van der Waals surface area contributed by atoms with Gasteiger partial charge in [0.1, 0.15) is 17.5 Å². The molecule has 0 aliphatic heterocycles. The van der Waals surface area contributed by atoms with Crippen LogP contribution in [0.4, 0.5) is 17.1 Å². The van der Waals surface area contributed by atoms with Gasteiger partial charge in [0.25, 0.3) is 11.6 Å². The van der Waals surface area contributed by atoms with E-state index in [9.17, 15) is 14.9 Å². The van der Waals surface area contributed by atoms with Gasteiger partial charge in [0.2, 0.25) is 0 Å². The number of rotatable bonds is 8. The van der Waals surface area contributed by atoms with Crippen molar-refractivity contribution in [3.8, 4) is 5.75 Å². The van der Waals surface area contributed by atoms with E-state index in [1.54, 1.807) is 25.1 Å². The van der Waals surface area contributed by atoms with Crippen LogP contribution < -0.4 is 20.7 Å². The highest BCUT2D eigenvalue weighted by atomic mass is 32.1. The highest BCUT2D eigenvalue weighted by Crippen LogP contribution is 2.29. The first-order chi connectivity index (χ1) is 15.9. The van der Waals surface area contributed by atoms with E-state index >= 15 is 0 Å². The zero-order valence-electron chi connectivity index (χ0n) is 18.2. The molecule has 0 spiro atoms. The zero-order valence-corrected chi connectivity index (χ0v) is 19.0. The van der Waals surface area contributed by atoms with Crippen LogP contribution >= 0.6 is 12.2 Å². The van der Waals surface area contributed by atoms with Crippen molar-refractivity contribution in [2.45, 2.75) is 19.9 Å². The van der Waals surface area contributed by atoms with Gasteiger partial charge in [-0.15, -0.1) is 0 Å². The number of nitrogens with one attached hydrogen (secondary N) is 3. The number of nitro benzene ring substituents is 1. The lowest BCUT2D eigenvalue weighted by Crippen LogP contribution is -2.39. The molecule has 0 radical (unpaired) electrons. The lowest BCUT2D eigenvalue weighted by Gasteiger charge is -2.21. The van der Waals surface area contributed by atoms with E-state index in [0.717, 1.165) is 5.56 Å². The Kier molecular flexibility index (Phi) is 7.93. The third kappa shape index (κ3) is 6.27. The van der Waals surface area contributed by atoms with Crippen molar-refractivity contribution in [1.29, 1.82) is 0 Å². The molecule has 3 rings (SSSR count). The number of hydrogen-bond acceptors (Lipinski definition) is 5. The van der Waals surface area contributed by atoms with Crippen molar-refractivity contribution in [3.05, 3.63) is 94.0 Å². The topological polar surface area (TPSA) is 106 Å². The average Bonchev–Trinajstić information content (AvgIpc) is 2.80. The number of anilines is 2. The highest BCUT2D eigenvalue weighted by Gasteiger charge is 2.23. The summed E-state index contributed by atoms with van der Waals surface area (Å²) in [6.45, 7) is 4.08. The molecule has 0 aromatic heterocycles. The molecule has 1 unspecified atom stereocenters. The average molecular weight is 465 g/mol. The first kappa shape index (κ1) is 23.7. The molecule has 0 aliphatic rings. The second-order valence-electron chi connectivity index (χ2n) is 7.12. The van der Waals surface area contributed by atoms with Gasteiger partial charge in [0.05, 0.1) is 17.6 Å². The minimum atomic E-state index is -0.826. The number of hydrogen-bond donors (Lipinski definition) is 3. The van der Waals surface area contributed by atoms with Crippen LogP contribution in [0.15, 0.2) is 72.8 Å². The van der Waals surface area contributed by atoms with Crippen LogP contribution in [0, 0.1) is 17.0 Å². The number of nitrogens with zero attached hydrogens (tertiary/aromatic N) is 1. The van der Waals surface area contributed by atoms with E-state index in [1.165, 1.54) is 12.1 Å². The van der Waals surface area contributed by atoms with E-state index in [0.29, 0.717) is 23.6 Å². The Morgan fingerprint density at radius 3 is 2.39 bits per heavy atom. The van der Waals surface area contributed by atoms with Crippen LogP contribution in [0.3, 0.4) is 0 Å².